The highest BCUT2D eigenvalue weighted by atomic mass is 79.9. The molecule has 1 amide bonds. The van der Waals surface area contributed by atoms with Crippen LogP contribution in [0.1, 0.15) is 27.8 Å². The van der Waals surface area contributed by atoms with Gasteiger partial charge in [0.05, 0.1) is 19.8 Å². The number of aliphatic hydroxyl groups is 1. The predicted octanol–water partition coefficient (Wildman–Crippen LogP) is 2.71. The van der Waals surface area contributed by atoms with Crippen molar-refractivity contribution in [3.8, 4) is 5.75 Å². The van der Waals surface area contributed by atoms with Gasteiger partial charge in [-0.15, -0.1) is 5.10 Å². The number of carbonyl (C=O) groups excluding carboxylic acids is 1. The second-order valence-corrected chi connectivity index (χ2v) is 6.71. The molecule has 8 heteroatoms. The van der Waals surface area contributed by atoms with Crippen LogP contribution < -0.4 is 10.1 Å². The molecule has 0 radical (unpaired) electrons. The largest absolute Gasteiger partial charge is 0.497 e. The second-order valence-electron chi connectivity index (χ2n) is 5.85. The number of aromatic nitrogens is 3. The summed E-state index contributed by atoms with van der Waals surface area (Å²) in [6, 6.07) is 14.8. The monoisotopic (exact) mass is 430 g/mol. The number of halogens is 1. The Morgan fingerprint density at radius 1 is 1.26 bits per heavy atom. The topological polar surface area (TPSA) is 89.3 Å². The van der Waals surface area contributed by atoms with Crippen LogP contribution in [-0.4, -0.2) is 32.9 Å². The lowest BCUT2D eigenvalue weighted by Crippen LogP contribution is -2.24. The summed E-state index contributed by atoms with van der Waals surface area (Å²) in [5.41, 5.74) is 1.69. The summed E-state index contributed by atoms with van der Waals surface area (Å²) >= 11 is 3.44. The molecule has 140 valence electrons. The first-order valence-electron chi connectivity index (χ1n) is 8.30. The molecule has 2 aromatic carbocycles. The molecule has 0 saturated heterocycles. The van der Waals surface area contributed by atoms with E-state index in [1.165, 1.54) is 11.0 Å². The average Bonchev–Trinajstić information content (AvgIpc) is 3.15. The van der Waals surface area contributed by atoms with Crippen molar-refractivity contribution in [2.24, 2.45) is 0 Å². The highest BCUT2D eigenvalue weighted by molar-refractivity contribution is 9.10. The minimum atomic E-state index is -0.770. The Bertz CT molecular complexity index is 911. The first-order chi connectivity index (χ1) is 13.1. The fourth-order valence-electron chi connectivity index (χ4n) is 2.49. The number of aliphatic hydroxyl groups excluding tert-OH is 1. The summed E-state index contributed by atoms with van der Waals surface area (Å²) < 4.78 is 7.47. The van der Waals surface area contributed by atoms with Crippen LogP contribution in [0.2, 0.25) is 0 Å². The van der Waals surface area contributed by atoms with Gasteiger partial charge in [0.25, 0.3) is 5.91 Å². The van der Waals surface area contributed by atoms with Crippen molar-refractivity contribution in [2.75, 3.05) is 7.11 Å². The van der Waals surface area contributed by atoms with E-state index in [1.54, 1.807) is 31.4 Å². The number of ether oxygens (including phenoxy) is 1. The van der Waals surface area contributed by atoms with Gasteiger partial charge < -0.3 is 15.2 Å². The third kappa shape index (κ3) is 4.93. The van der Waals surface area contributed by atoms with Gasteiger partial charge in [-0.3, -0.25) is 4.79 Å². The van der Waals surface area contributed by atoms with Crippen molar-refractivity contribution in [3.05, 3.63) is 76.3 Å². The number of nitrogens with one attached hydrogen (secondary N) is 1. The van der Waals surface area contributed by atoms with Gasteiger partial charge in [0.1, 0.15) is 12.1 Å². The third-order valence-corrected chi connectivity index (χ3v) is 4.77. The molecule has 0 aliphatic carbocycles. The van der Waals surface area contributed by atoms with E-state index in [4.69, 9.17) is 4.74 Å². The van der Waals surface area contributed by atoms with Gasteiger partial charge in [-0.25, -0.2) is 9.67 Å². The lowest BCUT2D eigenvalue weighted by molar-refractivity contribution is 0.0938. The maximum absolute atomic E-state index is 12.2. The van der Waals surface area contributed by atoms with Crippen molar-refractivity contribution >= 4 is 21.8 Å². The van der Waals surface area contributed by atoms with Crippen LogP contribution in [0.3, 0.4) is 0 Å². The molecule has 1 heterocycles. The highest BCUT2D eigenvalue weighted by Gasteiger charge is 2.14. The van der Waals surface area contributed by atoms with E-state index in [2.05, 4.69) is 31.3 Å². The molecule has 0 saturated carbocycles. The minimum Gasteiger partial charge on any atom is -0.497 e. The van der Waals surface area contributed by atoms with Gasteiger partial charge in [0.2, 0.25) is 5.82 Å². The lowest BCUT2D eigenvalue weighted by Gasteiger charge is -2.11. The number of amides is 1. The van der Waals surface area contributed by atoms with E-state index in [1.807, 2.05) is 24.3 Å². The van der Waals surface area contributed by atoms with Gasteiger partial charge in [0.15, 0.2) is 0 Å². The molecule has 3 aromatic rings. The van der Waals surface area contributed by atoms with Crippen molar-refractivity contribution in [1.29, 1.82) is 0 Å². The molecular weight excluding hydrogens is 412 g/mol. The van der Waals surface area contributed by atoms with E-state index in [0.29, 0.717) is 6.54 Å². The van der Waals surface area contributed by atoms with Crippen molar-refractivity contribution in [3.63, 3.8) is 0 Å². The van der Waals surface area contributed by atoms with Crippen LogP contribution in [0.15, 0.2) is 59.3 Å². The molecule has 0 aliphatic rings. The highest BCUT2D eigenvalue weighted by Crippen LogP contribution is 2.19. The summed E-state index contributed by atoms with van der Waals surface area (Å²) in [6.45, 7) is 0.556. The summed E-state index contributed by atoms with van der Waals surface area (Å²) in [7, 11) is 1.59. The van der Waals surface area contributed by atoms with E-state index < -0.39 is 6.10 Å². The van der Waals surface area contributed by atoms with E-state index in [-0.39, 0.29) is 18.3 Å². The van der Waals surface area contributed by atoms with Crippen LogP contribution in [0.4, 0.5) is 0 Å². The summed E-state index contributed by atoms with van der Waals surface area (Å²) in [5.74, 6) is 0.406. The molecule has 0 spiro atoms. The fourth-order valence-corrected chi connectivity index (χ4v) is 2.92. The first kappa shape index (κ1) is 19.1. The van der Waals surface area contributed by atoms with Crippen LogP contribution in [-0.2, 0) is 13.1 Å². The molecule has 0 unspecified atom stereocenters. The van der Waals surface area contributed by atoms with Gasteiger partial charge in [0, 0.05) is 11.0 Å². The zero-order chi connectivity index (χ0) is 19.2. The molecule has 1 aromatic heterocycles. The van der Waals surface area contributed by atoms with Crippen LogP contribution >= 0.6 is 15.9 Å². The van der Waals surface area contributed by atoms with Gasteiger partial charge in [-0.1, -0.05) is 46.3 Å². The third-order valence-electron chi connectivity index (χ3n) is 4.00. The Kier molecular flexibility index (Phi) is 6.20. The van der Waals surface area contributed by atoms with Gasteiger partial charge >= 0.3 is 0 Å². The number of benzene rings is 2. The normalized spacial score (nSPS) is 11.8. The van der Waals surface area contributed by atoms with Crippen molar-refractivity contribution in [1.82, 2.24) is 20.1 Å². The molecule has 1 atom stereocenters. The average molecular weight is 431 g/mol. The smallest absolute Gasteiger partial charge is 0.291 e. The minimum absolute atomic E-state index is 0.0592. The lowest BCUT2D eigenvalue weighted by atomic mass is 10.1. The van der Waals surface area contributed by atoms with Crippen LogP contribution in [0, 0.1) is 0 Å². The van der Waals surface area contributed by atoms with E-state index in [9.17, 15) is 9.90 Å². The molecule has 0 bridgehead atoms. The summed E-state index contributed by atoms with van der Waals surface area (Å²) in [4.78, 5) is 16.2. The molecule has 0 aliphatic heterocycles. The second kappa shape index (κ2) is 8.79. The number of hydrogen-bond donors (Lipinski definition) is 2. The van der Waals surface area contributed by atoms with Crippen molar-refractivity contribution < 1.29 is 14.6 Å². The summed E-state index contributed by atoms with van der Waals surface area (Å²) in [6.07, 6.45) is 0.661. The number of methoxy groups -OCH3 is 1. The Balaban J connectivity index is 1.58. The van der Waals surface area contributed by atoms with E-state index >= 15 is 0 Å². The molecule has 27 heavy (non-hydrogen) atoms. The van der Waals surface area contributed by atoms with Crippen LogP contribution in [0.5, 0.6) is 5.75 Å². The zero-order valence-corrected chi connectivity index (χ0v) is 16.3. The van der Waals surface area contributed by atoms with E-state index in [0.717, 1.165) is 21.3 Å². The SMILES string of the molecule is COc1ccc([C@H](O)Cn2cnc(C(=O)NCc3ccccc3Br)n2)cc1. The van der Waals surface area contributed by atoms with Gasteiger partial charge in [-0.2, -0.15) is 0 Å². The Labute approximate surface area is 165 Å². The van der Waals surface area contributed by atoms with Gasteiger partial charge in [-0.05, 0) is 29.3 Å². The Hall–Kier alpha value is -2.71. The van der Waals surface area contributed by atoms with Crippen LogP contribution in [0.25, 0.3) is 0 Å². The molecule has 2 N–H and O–H groups in total. The first-order valence-corrected chi connectivity index (χ1v) is 9.09. The Morgan fingerprint density at radius 3 is 2.70 bits per heavy atom. The predicted molar refractivity (Wildman–Crippen MR) is 103 cm³/mol. The summed E-state index contributed by atoms with van der Waals surface area (Å²) in [5, 5.41) is 17.3. The fraction of sp³-hybridized carbons (Fsp3) is 0.211. The zero-order valence-electron chi connectivity index (χ0n) is 14.7. The number of carbonyl (C=O) groups is 1. The quantitative estimate of drug-likeness (QED) is 0.601. The van der Waals surface area contributed by atoms with Crippen molar-refractivity contribution in [2.45, 2.75) is 19.2 Å². The molecular formula is C19H19BrN4O3. The maximum atomic E-state index is 12.2. The maximum Gasteiger partial charge on any atom is 0.291 e. The number of nitrogens with zero attached hydrogens (tertiary/aromatic N) is 3. The Morgan fingerprint density at radius 2 is 2.00 bits per heavy atom. The number of rotatable bonds is 7. The molecule has 3 rings (SSSR count). The molecule has 0 fully saturated rings. The molecule has 7 nitrogen and oxygen atoms in total. The number of hydrogen-bond acceptors (Lipinski definition) is 5. The standard InChI is InChI=1S/C19H19BrN4O3/c1-27-15-8-6-13(7-9-15)17(25)11-24-12-22-18(23-24)19(26)21-10-14-4-2-3-5-16(14)20/h2-9,12,17,25H,10-11H2,1H3,(H,21,26)/t17-/m1/s1.